The molecule has 36 heavy (non-hydrogen) atoms. The zero-order valence-electron chi connectivity index (χ0n) is 19.6. The minimum absolute atomic E-state index is 0.0142. The first kappa shape index (κ1) is 23.2. The van der Waals surface area contributed by atoms with E-state index in [9.17, 15) is 21.6 Å². The van der Waals surface area contributed by atoms with E-state index in [4.69, 9.17) is 0 Å². The van der Waals surface area contributed by atoms with Crippen LogP contribution in [0, 0.1) is 0 Å². The topological polar surface area (TPSA) is 64.8 Å². The second kappa shape index (κ2) is 8.16. The fraction of sp³-hybridized carbons (Fsp3) is 0.333. The Balaban J connectivity index is 1.48. The van der Waals surface area contributed by atoms with Crippen LogP contribution in [0.2, 0.25) is 0 Å². The highest BCUT2D eigenvalue weighted by Crippen LogP contribution is 2.44. The molecule has 0 amide bonds. The van der Waals surface area contributed by atoms with Crippen LogP contribution in [-0.4, -0.2) is 28.7 Å². The van der Waals surface area contributed by atoms with Gasteiger partial charge in [-0.1, -0.05) is 31.2 Å². The summed E-state index contributed by atoms with van der Waals surface area (Å²) in [5, 5.41) is 0. The van der Waals surface area contributed by atoms with Crippen molar-refractivity contribution in [3.8, 4) is 33.9 Å². The molecule has 4 aliphatic rings. The molecule has 3 heterocycles. The highest BCUT2D eigenvalue weighted by molar-refractivity contribution is 7.91. The molecule has 0 unspecified atom stereocenters. The molecule has 2 fully saturated rings. The molecule has 6 rings (SSSR count). The molecule has 5 nitrogen and oxygen atoms in total. The van der Waals surface area contributed by atoms with Crippen LogP contribution < -0.4 is 0 Å². The summed E-state index contributed by atoms with van der Waals surface area (Å²) in [6, 6.07) is 12.3. The van der Waals surface area contributed by atoms with Crippen molar-refractivity contribution < 1.29 is 21.6 Å². The molecule has 0 saturated heterocycles. The number of nitrogens with zero attached hydrogens (tertiary/aromatic N) is 3. The van der Waals surface area contributed by atoms with E-state index in [0.717, 1.165) is 30.7 Å². The third kappa shape index (κ3) is 4.19. The van der Waals surface area contributed by atoms with Gasteiger partial charge in [0.1, 0.15) is 5.69 Å². The summed E-state index contributed by atoms with van der Waals surface area (Å²) in [5.74, 6) is 0.483. The lowest BCUT2D eigenvalue weighted by Crippen LogP contribution is -2.10. The number of rotatable bonds is 6. The number of hydrogen-bond donors (Lipinski definition) is 0. The van der Waals surface area contributed by atoms with Crippen molar-refractivity contribution in [2.24, 2.45) is 0 Å². The van der Waals surface area contributed by atoms with Crippen molar-refractivity contribution in [2.45, 2.75) is 55.6 Å². The van der Waals surface area contributed by atoms with Crippen LogP contribution in [0.15, 0.2) is 59.8 Å². The van der Waals surface area contributed by atoms with Gasteiger partial charge in [-0.2, -0.15) is 13.2 Å². The van der Waals surface area contributed by atoms with E-state index < -0.39 is 21.6 Å². The second-order valence-electron chi connectivity index (χ2n) is 9.65. The van der Waals surface area contributed by atoms with Crippen LogP contribution in [0.3, 0.4) is 0 Å². The molecule has 2 aliphatic carbocycles. The molecule has 0 bridgehead atoms. The van der Waals surface area contributed by atoms with Crippen molar-refractivity contribution in [3.05, 3.63) is 66.0 Å². The standard InChI is InChI=1S/C27H24F3N3O2S/c1-2-36(34,35)25-11-19(18-7-5-17(6-8-18)16-3-4-16)14-31-26(25)23-13-24-22(32-23)12-20(27(28,29)30)15-33(24)21-9-10-21/h5-8,11-16,21H,2-4,9-10H2,1H3. The normalized spacial score (nSPS) is 16.6. The fourth-order valence-electron chi connectivity index (χ4n) is 4.62. The van der Waals surface area contributed by atoms with Gasteiger partial charge in [0.05, 0.1) is 33.3 Å². The van der Waals surface area contributed by atoms with Gasteiger partial charge in [-0.05, 0) is 60.9 Å². The quantitative estimate of drug-likeness (QED) is 0.288. The first-order valence-electron chi connectivity index (χ1n) is 12.1. The summed E-state index contributed by atoms with van der Waals surface area (Å²) in [5.41, 5.74) is 3.15. The monoisotopic (exact) mass is 511 g/mol. The first-order valence-corrected chi connectivity index (χ1v) is 13.7. The molecule has 0 radical (unpaired) electrons. The summed E-state index contributed by atoms with van der Waals surface area (Å²) in [6.07, 6.45) is 2.20. The van der Waals surface area contributed by atoms with Crippen LogP contribution in [0.1, 0.15) is 55.7 Å². The molecule has 0 spiro atoms. The van der Waals surface area contributed by atoms with Gasteiger partial charge in [-0.3, -0.25) is 4.98 Å². The summed E-state index contributed by atoms with van der Waals surface area (Å²) < 4.78 is 68.4. The first-order chi connectivity index (χ1) is 17.1. The summed E-state index contributed by atoms with van der Waals surface area (Å²) in [6.45, 7) is 1.56. The summed E-state index contributed by atoms with van der Waals surface area (Å²) in [7, 11) is -3.69. The summed E-state index contributed by atoms with van der Waals surface area (Å²) >= 11 is 0. The largest absolute Gasteiger partial charge is 0.417 e. The van der Waals surface area contributed by atoms with E-state index in [-0.39, 0.29) is 33.8 Å². The Hall–Kier alpha value is -3.20. The minimum Gasteiger partial charge on any atom is -0.343 e. The molecule has 9 heteroatoms. The predicted octanol–water partition coefficient (Wildman–Crippen LogP) is 6.74. The van der Waals surface area contributed by atoms with Gasteiger partial charge in [0, 0.05) is 24.0 Å². The summed E-state index contributed by atoms with van der Waals surface area (Å²) in [4.78, 5) is 8.95. The van der Waals surface area contributed by atoms with Crippen molar-refractivity contribution in [3.63, 3.8) is 0 Å². The van der Waals surface area contributed by atoms with Crippen molar-refractivity contribution in [1.82, 2.24) is 14.5 Å². The number of fused-ring (bicyclic) bond motifs is 1. The van der Waals surface area contributed by atoms with Gasteiger partial charge in [-0.25, -0.2) is 13.4 Å². The molecule has 2 saturated carbocycles. The lowest BCUT2D eigenvalue weighted by atomic mass is 10.0. The van der Waals surface area contributed by atoms with Crippen LogP contribution >= 0.6 is 0 Å². The van der Waals surface area contributed by atoms with Gasteiger partial charge in [0.2, 0.25) is 0 Å². The second-order valence-corrected chi connectivity index (χ2v) is 11.9. The van der Waals surface area contributed by atoms with E-state index >= 15 is 0 Å². The average molecular weight is 512 g/mol. The van der Waals surface area contributed by atoms with Crippen LogP contribution in [0.5, 0.6) is 0 Å². The molecule has 0 atom stereocenters. The number of benzene rings is 1. The highest BCUT2D eigenvalue weighted by Gasteiger charge is 2.36. The molecule has 0 N–H and O–H groups in total. The molecule has 2 aromatic rings. The van der Waals surface area contributed by atoms with Gasteiger partial charge >= 0.3 is 6.18 Å². The number of hydrogen-bond acceptors (Lipinski definition) is 4. The Morgan fingerprint density at radius 2 is 1.69 bits per heavy atom. The third-order valence-corrected chi connectivity index (χ3v) is 8.74. The maximum Gasteiger partial charge on any atom is 0.417 e. The Kier molecular flexibility index (Phi) is 5.26. The van der Waals surface area contributed by atoms with Gasteiger partial charge in [0.25, 0.3) is 0 Å². The zero-order valence-corrected chi connectivity index (χ0v) is 20.4. The average Bonchev–Trinajstić information content (AvgIpc) is 3.79. The predicted molar refractivity (Wildman–Crippen MR) is 130 cm³/mol. The molecule has 2 aliphatic heterocycles. The lowest BCUT2D eigenvalue weighted by molar-refractivity contribution is -0.138. The van der Waals surface area contributed by atoms with Gasteiger partial charge in [-0.15, -0.1) is 0 Å². The van der Waals surface area contributed by atoms with Crippen LogP contribution in [0.4, 0.5) is 13.2 Å². The number of sulfone groups is 1. The maximum absolute atomic E-state index is 13.5. The van der Waals surface area contributed by atoms with Crippen molar-refractivity contribution >= 4 is 9.84 Å². The van der Waals surface area contributed by atoms with E-state index in [1.807, 2.05) is 12.1 Å². The Labute approximate surface area is 207 Å². The number of alkyl halides is 3. The van der Waals surface area contributed by atoms with Crippen LogP contribution in [-0.2, 0) is 16.0 Å². The van der Waals surface area contributed by atoms with Crippen LogP contribution in [0.25, 0.3) is 33.9 Å². The fourth-order valence-corrected chi connectivity index (χ4v) is 5.69. The van der Waals surface area contributed by atoms with Gasteiger partial charge in [0.15, 0.2) is 9.84 Å². The molecular formula is C27H24F3N3O2S. The minimum atomic E-state index is -4.50. The van der Waals surface area contributed by atoms with Gasteiger partial charge < -0.3 is 4.57 Å². The smallest absolute Gasteiger partial charge is 0.343 e. The Morgan fingerprint density at radius 3 is 2.31 bits per heavy atom. The van der Waals surface area contributed by atoms with E-state index in [2.05, 4.69) is 22.1 Å². The van der Waals surface area contributed by atoms with E-state index in [0.29, 0.717) is 17.2 Å². The highest BCUT2D eigenvalue weighted by atomic mass is 32.2. The van der Waals surface area contributed by atoms with E-state index in [1.54, 1.807) is 29.8 Å². The van der Waals surface area contributed by atoms with Crippen molar-refractivity contribution in [1.29, 1.82) is 0 Å². The van der Waals surface area contributed by atoms with Crippen molar-refractivity contribution in [2.75, 3.05) is 5.75 Å². The lowest BCUT2D eigenvalue weighted by Gasteiger charge is -2.15. The molecular weight excluding hydrogens is 487 g/mol. The molecule has 1 aromatic heterocycles. The maximum atomic E-state index is 13.5. The Bertz CT molecular complexity index is 1530. The SMILES string of the molecule is CCS(=O)(=O)c1cc(-c2ccc(C3CC3)cc2)cnc1-c1cc2n(C3CC3)cc(C(F)(F)F)cc-2n1. The number of halogens is 3. The molecule has 1 aromatic carbocycles. The van der Waals surface area contributed by atoms with E-state index in [1.165, 1.54) is 18.4 Å². The number of aromatic nitrogens is 3. The zero-order chi connectivity index (χ0) is 25.2. The number of pyridine rings is 2. The molecule has 186 valence electrons. The third-order valence-electron chi connectivity index (χ3n) is 7.00. The Morgan fingerprint density at radius 1 is 0.972 bits per heavy atom.